The molecule has 8 nitrogen and oxygen atoms in total. The molecule has 1 atom stereocenters. The van der Waals surface area contributed by atoms with E-state index in [4.69, 9.17) is 5.11 Å². The lowest BCUT2D eigenvalue weighted by Gasteiger charge is -2.26. The highest BCUT2D eigenvalue weighted by molar-refractivity contribution is 6.07. The Bertz CT molecular complexity index is 633. The van der Waals surface area contributed by atoms with Gasteiger partial charge in [-0.1, -0.05) is 12.1 Å². The molecule has 3 amide bonds. The van der Waals surface area contributed by atoms with Crippen molar-refractivity contribution < 1.29 is 24.3 Å². The average molecular weight is 349 g/mol. The van der Waals surface area contributed by atoms with E-state index >= 15 is 0 Å². The molecule has 8 heteroatoms. The lowest BCUT2D eigenvalue weighted by molar-refractivity contribution is -0.131. The zero-order chi connectivity index (χ0) is 18.8. The summed E-state index contributed by atoms with van der Waals surface area (Å²) in [7, 11) is 1.39. The van der Waals surface area contributed by atoms with Gasteiger partial charge < -0.3 is 20.5 Å². The molecule has 1 unspecified atom stereocenters. The number of aliphatic hydroxyl groups excluding tert-OH is 1. The van der Waals surface area contributed by atoms with Crippen molar-refractivity contribution in [3.05, 3.63) is 29.3 Å². The third-order valence-corrected chi connectivity index (χ3v) is 3.70. The van der Waals surface area contributed by atoms with Crippen LogP contribution in [0.25, 0.3) is 0 Å². The maximum absolute atomic E-state index is 12.9. The normalized spacial score (nSPS) is 11.3. The SMILES string of the molecule is CNC(=O)C(CCC=O)N(C=O)C(=O)c1c(C)cccc1NCCO. The summed E-state index contributed by atoms with van der Waals surface area (Å²) in [5, 5.41) is 14.3. The van der Waals surface area contributed by atoms with Gasteiger partial charge in [-0.05, 0) is 25.0 Å². The molecule has 0 heterocycles. The quantitative estimate of drug-likeness (QED) is 0.516. The van der Waals surface area contributed by atoms with Crippen LogP contribution in [-0.2, 0) is 14.4 Å². The molecule has 0 aliphatic heterocycles. The fraction of sp³-hybridized carbons (Fsp3) is 0.412. The van der Waals surface area contributed by atoms with Crippen LogP contribution >= 0.6 is 0 Å². The highest BCUT2D eigenvalue weighted by Crippen LogP contribution is 2.23. The molecule has 0 fully saturated rings. The van der Waals surface area contributed by atoms with Gasteiger partial charge in [0.15, 0.2) is 0 Å². The van der Waals surface area contributed by atoms with Crippen molar-refractivity contribution >= 4 is 30.2 Å². The first-order valence-electron chi connectivity index (χ1n) is 7.89. The molecule has 1 aromatic rings. The van der Waals surface area contributed by atoms with Gasteiger partial charge in [-0.25, -0.2) is 0 Å². The van der Waals surface area contributed by atoms with Gasteiger partial charge in [0.25, 0.3) is 5.91 Å². The van der Waals surface area contributed by atoms with Gasteiger partial charge in [0, 0.05) is 25.7 Å². The molecule has 0 radical (unpaired) electrons. The van der Waals surface area contributed by atoms with Crippen molar-refractivity contribution in [2.24, 2.45) is 0 Å². The Labute approximate surface area is 146 Å². The minimum Gasteiger partial charge on any atom is -0.395 e. The van der Waals surface area contributed by atoms with Crippen molar-refractivity contribution in [3.8, 4) is 0 Å². The largest absolute Gasteiger partial charge is 0.395 e. The number of carbonyl (C=O) groups is 4. The Balaban J connectivity index is 3.26. The Morgan fingerprint density at radius 3 is 2.60 bits per heavy atom. The minimum absolute atomic E-state index is 0.0406. The molecule has 25 heavy (non-hydrogen) atoms. The third kappa shape index (κ3) is 5.12. The number of nitrogens with one attached hydrogen (secondary N) is 2. The van der Waals surface area contributed by atoms with Gasteiger partial charge in [-0.15, -0.1) is 0 Å². The highest BCUT2D eigenvalue weighted by atomic mass is 16.3. The standard InChI is InChI=1S/C17H23N3O5/c1-12-5-3-6-13(19-8-10-22)15(12)17(25)20(11-23)14(7-4-9-21)16(24)18-2/h3,5-6,9,11,14,19,22H,4,7-8,10H2,1-2H3,(H,18,24). The number of aldehydes is 1. The summed E-state index contributed by atoms with van der Waals surface area (Å²) in [6, 6.07) is 4.02. The van der Waals surface area contributed by atoms with Gasteiger partial charge in [-0.3, -0.25) is 19.3 Å². The lowest BCUT2D eigenvalue weighted by atomic mass is 10.0. The van der Waals surface area contributed by atoms with Crippen LogP contribution in [0.5, 0.6) is 0 Å². The summed E-state index contributed by atoms with van der Waals surface area (Å²) in [6.45, 7) is 1.81. The number of carbonyl (C=O) groups excluding carboxylic acids is 4. The monoisotopic (exact) mass is 349 g/mol. The predicted molar refractivity (Wildman–Crippen MR) is 92.1 cm³/mol. The Hall–Kier alpha value is -2.74. The van der Waals surface area contributed by atoms with Crippen molar-refractivity contribution in [2.45, 2.75) is 25.8 Å². The van der Waals surface area contributed by atoms with Crippen LogP contribution in [0.15, 0.2) is 18.2 Å². The van der Waals surface area contributed by atoms with Crippen molar-refractivity contribution in [1.29, 1.82) is 0 Å². The first-order valence-corrected chi connectivity index (χ1v) is 7.89. The topological polar surface area (TPSA) is 116 Å². The first-order chi connectivity index (χ1) is 12.0. The zero-order valence-electron chi connectivity index (χ0n) is 14.3. The van der Waals surface area contributed by atoms with E-state index in [9.17, 15) is 19.2 Å². The van der Waals surface area contributed by atoms with E-state index in [0.717, 1.165) is 4.90 Å². The number of aliphatic hydroxyl groups is 1. The van der Waals surface area contributed by atoms with E-state index < -0.39 is 17.9 Å². The number of rotatable bonds is 10. The van der Waals surface area contributed by atoms with Crippen LogP contribution in [0.2, 0.25) is 0 Å². The van der Waals surface area contributed by atoms with E-state index in [-0.39, 0.29) is 31.6 Å². The van der Waals surface area contributed by atoms with Crippen LogP contribution < -0.4 is 10.6 Å². The van der Waals surface area contributed by atoms with Crippen LogP contribution in [0, 0.1) is 6.92 Å². The number of anilines is 1. The molecule has 3 N–H and O–H groups in total. The molecule has 136 valence electrons. The molecule has 0 spiro atoms. The van der Waals surface area contributed by atoms with E-state index in [0.29, 0.717) is 23.9 Å². The number of benzene rings is 1. The van der Waals surface area contributed by atoms with Gasteiger partial charge in [0.05, 0.1) is 12.2 Å². The third-order valence-electron chi connectivity index (χ3n) is 3.70. The van der Waals surface area contributed by atoms with Crippen LogP contribution in [0.1, 0.15) is 28.8 Å². The lowest BCUT2D eigenvalue weighted by Crippen LogP contribution is -2.48. The summed E-state index contributed by atoms with van der Waals surface area (Å²) < 4.78 is 0. The van der Waals surface area contributed by atoms with Crippen molar-refractivity contribution in [1.82, 2.24) is 10.2 Å². The molecule has 0 aliphatic carbocycles. The van der Waals surface area contributed by atoms with Crippen LogP contribution in [0.4, 0.5) is 5.69 Å². The van der Waals surface area contributed by atoms with Gasteiger partial charge in [0.2, 0.25) is 12.3 Å². The maximum atomic E-state index is 12.9. The number of hydrogen-bond donors (Lipinski definition) is 3. The Morgan fingerprint density at radius 1 is 1.32 bits per heavy atom. The maximum Gasteiger partial charge on any atom is 0.263 e. The summed E-state index contributed by atoms with van der Waals surface area (Å²) >= 11 is 0. The smallest absolute Gasteiger partial charge is 0.263 e. The number of likely N-dealkylation sites (N-methyl/N-ethyl adjacent to an activating group) is 1. The molecule has 0 bridgehead atoms. The summed E-state index contributed by atoms with van der Waals surface area (Å²) in [5.41, 5.74) is 1.31. The molecular formula is C17H23N3O5. The van der Waals surface area contributed by atoms with E-state index in [1.807, 2.05) is 0 Å². The minimum atomic E-state index is -1.08. The summed E-state index contributed by atoms with van der Waals surface area (Å²) in [4.78, 5) is 48.0. The summed E-state index contributed by atoms with van der Waals surface area (Å²) in [6.07, 6.45) is 1.01. The molecule has 0 saturated carbocycles. The van der Waals surface area contributed by atoms with Gasteiger partial charge in [0.1, 0.15) is 12.3 Å². The van der Waals surface area contributed by atoms with Crippen molar-refractivity contribution in [3.63, 3.8) is 0 Å². The Kier molecular flexibility index (Phi) is 8.28. The van der Waals surface area contributed by atoms with Gasteiger partial charge >= 0.3 is 0 Å². The van der Waals surface area contributed by atoms with E-state index in [2.05, 4.69) is 10.6 Å². The highest BCUT2D eigenvalue weighted by Gasteiger charge is 2.31. The second kappa shape index (κ2) is 10.2. The van der Waals surface area contributed by atoms with E-state index in [1.165, 1.54) is 7.05 Å². The molecule has 0 aliphatic rings. The second-order valence-electron chi connectivity index (χ2n) is 5.34. The van der Waals surface area contributed by atoms with Crippen LogP contribution in [0.3, 0.4) is 0 Å². The van der Waals surface area contributed by atoms with Crippen LogP contribution in [-0.4, -0.2) is 60.8 Å². The molecule has 1 rings (SSSR count). The number of hydrogen-bond acceptors (Lipinski definition) is 6. The second-order valence-corrected chi connectivity index (χ2v) is 5.34. The van der Waals surface area contributed by atoms with Gasteiger partial charge in [-0.2, -0.15) is 0 Å². The molecular weight excluding hydrogens is 326 g/mol. The van der Waals surface area contributed by atoms with E-state index in [1.54, 1.807) is 25.1 Å². The first kappa shape index (κ1) is 20.3. The zero-order valence-corrected chi connectivity index (χ0v) is 14.3. The Morgan fingerprint density at radius 2 is 2.04 bits per heavy atom. The average Bonchev–Trinajstić information content (AvgIpc) is 2.62. The summed E-state index contributed by atoms with van der Waals surface area (Å²) in [5.74, 6) is -1.17. The fourth-order valence-electron chi connectivity index (χ4n) is 2.47. The number of amides is 3. The molecule has 0 aromatic heterocycles. The number of nitrogens with zero attached hydrogens (tertiary/aromatic N) is 1. The number of aryl methyl sites for hydroxylation is 1. The molecule has 1 aromatic carbocycles. The van der Waals surface area contributed by atoms with Crippen molar-refractivity contribution in [2.75, 3.05) is 25.5 Å². The number of imide groups is 1. The molecule has 0 saturated heterocycles. The predicted octanol–water partition coefficient (Wildman–Crippen LogP) is 0.0915. The fourth-order valence-corrected chi connectivity index (χ4v) is 2.47.